The summed E-state index contributed by atoms with van der Waals surface area (Å²) in [7, 11) is 3.31. The summed E-state index contributed by atoms with van der Waals surface area (Å²) in [5.41, 5.74) is 5.78. The van der Waals surface area contributed by atoms with Crippen molar-refractivity contribution in [3.63, 3.8) is 0 Å². The Morgan fingerprint density at radius 3 is 1.54 bits per heavy atom. The lowest BCUT2D eigenvalue weighted by molar-refractivity contribution is 0.392. The van der Waals surface area contributed by atoms with Crippen LogP contribution in [0, 0.1) is 0 Å². The molecule has 3 aliphatic rings. The highest BCUT2D eigenvalue weighted by molar-refractivity contribution is 5.76. The van der Waals surface area contributed by atoms with Crippen molar-refractivity contribution in [2.45, 2.75) is 11.8 Å². The molecular weight excluding hydrogens is 328 g/mol. The second-order valence-electron chi connectivity index (χ2n) is 6.72. The van der Waals surface area contributed by atoms with Gasteiger partial charge in [0.15, 0.2) is 0 Å². The van der Waals surface area contributed by atoms with E-state index in [4.69, 9.17) is 9.47 Å². The maximum Gasteiger partial charge on any atom is 0.123 e. The Bertz CT molecular complexity index is 999. The second-order valence-corrected chi connectivity index (χ2v) is 6.72. The van der Waals surface area contributed by atoms with E-state index in [1.807, 2.05) is 24.3 Å². The summed E-state index contributed by atoms with van der Waals surface area (Å²) in [6.07, 6.45) is 0. The maximum absolute atomic E-state index is 10.7. The van der Waals surface area contributed by atoms with Gasteiger partial charge >= 0.3 is 0 Å². The van der Waals surface area contributed by atoms with Crippen LogP contribution in [0.3, 0.4) is 0 Å². The fraction of sp³-hybridized carbons (Fsp3) is 0.182. The first-order valence-corrected chi connectivity index (χ1v) is 8.55. The second kappa shape index (κ2) is 5.18. The van der Waals surface area contributed by atoms with E-state index in [9.17, 15) is 10.2 Å². The third-order valence-electron chi connectivity index (χ3n) is 5.66. The van der Waals surface area contributed by atoms with Gasteiger partial charge in [0.25, 0.3) is 0 Å². The van der Waals surface area contributed by atoms with Crippen molar-refractivity contribution in [3.8, 4) is 23.0 Å². The monoisotopic (exact) mass is 346 g/mol. The largest absolute Gasteiger partial charge is 0.508 e. The lowest BCUT2D eigenvalue weighted by Crippen LogP contribution is -2.28. The van der Waals surface area contributed by atoms with Gasteiger partial charge in [-0.05, 0) is 35.4 Å². The molecule has 0 fully saturated rings. The van der Waals surface area contributed by atoms with Crippen LogP contribution in [0.15, 0.2) is 48.5 Å². The Morgan fingerprint density at radius 1 is 0.615 bits per heavy atom. The lowest BCUT2D eigenvalue weighted by Gasteiger charge is -2.43. The number of methoxy groups -OCH3 is 2. The van der Waals surface area contributed by atoms with Crippen LogP contribution >= 0.6 is 0 Å². The topological polar surface area (TPSA) is 58.9 Å². The predicted octanol–water partition coefficient (Wildman–Crippen LogP) is 4.10. The van der Waals surface area contributed by atoms with E-state index in [1.54, 1.807) is 26.4 Å². The van der Waals surface area contributed by atoms with E-state index >= 15 is 0 Å². The number of aromatic hydroxyl groups is 2. The van der Waals surface area contributed by atoms with E-state index in [1.165, 1.54) is 0 Å². The van der Waals surface area contributed by atoms with Crippen LogP contribution in [0.2, 0.25) is 0 Å². The average Bonchev–Trinajstić information content (AvgIpc) is 2.69. The van der Waals surface area contributed by atoms with Crippen LogP contribution in [0.1, 0.15) is 45.2 Å². The number of hydrogen-bond donors (Lipinski definition) is 2. The van der Waals surface area contributed by atoms with Gasteiger partial charge in [-0.25, -0.2) is 0 Å². The first kappa shape index (κ1) is 15.1. The van der Waals surface area contributed by atoms with Crippen molar-refractivity contribution < 1.29 is 19.7 Å². The molecule has 130 valence electrons. The SMILES string of the molecule is COc1cccc2c1C1c3c(OC)cccc3C2c2c(O)ccc(O)c21. The minimum atomic E-state index is -0.251. The molecule has 0 aromatic heterocycles. The number of hydrogen-bond acceptors (Lipinski definition) is 4. The normalized spacial score (nSPS) is 18.7. The zero-order valence-corrected chi connectivity index (χ0v) is 14.5. The molecular formula is C22H18O4. The zero-order chi connectivity index (χ0) is 18.0. The van der Waals surface area contributed by atoms with Crippen molar-refractivity contribution in [1.29, 1.82) is 0 Å². The molecule has 0 atom stereocenters. The molecule has 2 bridgehead atoms. The highest BCUT2D eigenvalue weighted by atomic mass is 16.5. The molecule has 0 amide bonds. The Hall–Kier alpha value is -3.14. The Morgan fingerprint density at radius 2 is 1.08 bits per heavy atom. The van der Waals surface area contributed by atoms with Gasteiger partial charge in [-0.15, -0.1) is 0 Å². The van der Waals surface area contributed by atoms with Crippen molar-refractivity contribution in [1.82, 2.24) is 0 Å². The number of phenols is 2. The minimum absolute atomic E-state index is 0.169. The van der Waals surface area contributed by atoms with Gasteiger partial charge in [-0.3, -0.25) is 0 Å². The molecule has 0 heterocycles. The number of ether oxygens (including phenoxy) is 2. The molecule has 3 aromatic carbocycles. The van der Waals surface area contributed by atoms with E-state index in [-0.39, 0.29) is 23.3 Å². The van der Waals surface area contributed by atoms with E-state index in [0.717, 1.165) is 44.9 Å². The predicted molar refractivity (Wildman–Crippen MR) is 97.6 cm³/mol. The van der Waals surface area contributed by atoms with Crippen LogP contribution in [0.25, 0.3) is 0 Å². The van der Waals surface area contributed by atoms with E-state index in [2.05, 4.69) is 12.1 Å². The van der Waals surface area contributed by atoms with Crippen LogP contribution in [-0.2, 0) is 0 Å². The van der Waals surface area contributed by atoms with E-state index in [0.29, 0.717) is 0 Å². The van der Waals surface area contributed by atoms with Gasteiger partial charge in [-0.2, -0.15) is 0 Å². The molecule has 26 heavy (non-hydrogen) atoms. The van der Waals surface area contributed by atoms with Crippen LogP contribution in [0.5, 0.6) is 23.0 Å². The van der Waals surface area contributed by atoms with Gasteiger partial charge < -0.3 is 19.7 Å². The van der Waals surface area contributed by atoms with Crippen molar-refractivity contribution in [2.75, 3.05) is 14.2 Å². The number of phenolic OH excluding ortho intramolecular Hbond substituents is 2. The first-order valence-electron chi connectivity index (χ1n) is 8.55. The number of rotatable bonds is 2. The van der Waals surface area contributed by atoms with Gasteiger partial charge in [-0.1, -0.05) is 24.3 Å². The lowest BCUT2D eigenvalue weighted by atomic mass is 9.60. The molecule has 4 heteroatoms. The third-order valence-corrected chi connectivity index (χ3v) is 5.66. The highest BCUT2D eigenvalue weighted by Gasteiger charge is 2.47. The summed E-state index contributed by atoms with van der Waals surface area (Å²) in [6.45, 7) is 0. The maximum atomic E-state index is 10.7. The summed E-state index contributed by atoms with van der Waals surface area (Å²) in [5.74, 6) is 1.53. The molecule has 0 spiro atoms. The molecule has 0 saturated carbocycles. The molecule has 0 aliphatic heterocycles. The van der Waals surface area contributed by atoms with Crippen LogP contribution in [-0.4, -0.2) is 24.4 Å². The quantitative estimate of drug-likeness (QED) is 0.473. The molecule has 0 saturated heterocycles. The highest BCUT2D eigenvalue weighted by Crippen LogP contribution is 2.62. The van der Waals surface area contributed by atoms with Gasteiger partial charge in [0.1, 0.15) is 23.0 Å². The Kier molecular flexibility index (Phi) is 3.02. The molecule has 3 aromatic rings. The van der Waals surface area contributed by atoms with Gasteiger partial charge in [0, 0.05) is 34.1 Å². The molecule has 4 nitrogen and oxygen atoms in total. The molecule has 0 unspecified atom stereocenters. The fourth-order valence-corrected chi connectivity index (χ4v) is 4.73. The molecule has 2 N–H and O–H groups in total. The average molecular weight is 346 g/mol. The summed E-state index contributed by atoms with van der Waals surface area (Å²) >= 11 is 0. The summed E-state index contributed by atoms with van der Waals surface area (Å²) in [4.78, 5) is 0. The summed E-state index contributed by atoms with van der Waals surface area (Å²) in [5, 5.41) is 21.3. The van der Waals surface area contributed by atoms with Crippen molar-refractivity contribution in [3.05, 3.63) is 81.9 Å². The van der Waals surface area contributed by atoms with Crippen LogP contribution in [0.4, 0.5) is 0 Å². The smallest absolute Gasteiger partial charge is 0.123 e. The third kappa shape index (κ3) is 1.69. The molecule has 6 rings (SSSR count). The van der Waals surface area contributed by atoms with Crippen molar-refractivity contribution >= 4 is 0 Å². The molecule has 3 aliphatic carbocycles. The Balaban J connectivity index is 1.96. The fourth-order valence-electron chi connectivity index (χ4n) is 4.73. The Labute approximate surface area is 151 Å². The molecule has 0 radical (unpaired) electrons. The van der Waals surface area contributed by atoms with Gasteiger partial charge in [0.05, 0.1) is 14.2 Å². The minimum Gasteiger partial charge on any atom is -0.508 e. The number of benzene rings is 3. The van der Waals surface area contributed by atoms with Gasteiger partial charge in [0.2, 0.25) is 0 Å². The van der Waals surface area contributed by atoms with Crippen LogP contribution < -0.4 is 9.47 Å². The first-order chi connectivity index (χ1) is 12.7. The van der Waals surface area contributed by atoms with E-state index < -0.39 is 0 Å². The zero-order valence-electron chi connectivity index (χ0n) is 14.5. The summed E-state index contributed by atoms with van der Waals surface area (Å²) < 4.78 is 11.3. The standard InChI is InChI=1S/C22H18O4/c1-25-15-7-3-5-11-17-12-6-4-8-16(26-2)19(12)22(18(11)15)21-14(24)10-9-13(23)20(17)21/h3-10,17,22-24H,1-2H3. The summed E-state index contributed by atoms with van der Waals surface area (Å²) in [6, 6.07) is 15.1. The van der Waals surface area contributed by atoms with Crippen molar-refractivity contribution in [2.24, 2.45) is 0 Å².